The lowest BCUT2D eigenvalue weighted by atomic mass is 10.1. The van der Waals surface area contributed by atoms with Crippen molar-refractivity contribution in [1.82, 2.24) is 5.32 Å². The van der Waals surface area contributed by atoms with E-state index in [1.54, 1.807) is 0 Å². The highest BCUT2D eigenvalue weighted by Crippen LogP contribution is 2.18. The van der Waals surface area contributed by atoms with E-state index < -0.39 is 0 Å². The van der Waals surface area contributed by atoms with Gasteiger partial charge in [-0.1, -0.05) is 35.9 Å². The summed E-state index contributed by atoms with van der Waals surface area (Å²) in [7, 11) is 0. The summed E-state index contributed by atoms with van der Waals surface area (Å²) in [5.41, 5.74) is 2.26. The number of nitrogens with zero attached hydrogens (tertiary/aromatic N) is 1. The molecule has 0 aliphatic rings. The van der Waals surface area contributed by atoms with E-state index in [0.717, 1.165) is 22.7 Å². The summed E-state index contributed by atoms with van der Waals surface area (Å²) >= 11 is 6.00. The first-order chi connectivity index (χ1) is 10.2. The number of hydrogen-bond acceptors (Lipinski definition) is 3. The molecule has 0 aromatic heterocycles. The van der Waals surface area contributed by atoms with Crippen molar-refractivity contribution in [3.8, 4) is 11.8 Å². The minimum absolute atomic E-state index is 0.0653. The van der Waals surface area contributed by atoms with Gasteiger partial charge in [0.25, 0.3) is 0 Å². The molecule has 1 atom stereocenters. The van der Waals surface area contributed by atoms with E-state index in [2.05, 4.69) is 18.3 Å². The van der Waals surface area contributed by atoms with Crippen LogP contribution in [0.5, 0.6) is 5.75 Å². The molecule has 0 amide bonds. The first kappa shape index (κ1) is 15.4. The number of rotatable bonds is 6. The number of hydrogen-bond donors (Lipinski definition) is 1. The molecular weight excluding hydrogens is 284 g/mol. The zero-order chi connectivity index (χ0) is 15.1. The SMILES string of the molecule is CC(NCc1cccc(OCC#N)c1)c1cccc(Cl)c1. The summed E-state index contributed by atoms with van der Waals surface area (Å²) in [6.45, 7) is 2.88. The lowest BCUT2D eigenvalue weighted by Crippen LogP contribution is -2.18. The van der Waals surface area contributed by atoms with Gasteiger partial charge in [-0.05, 0) is 42.3 Å². The zero-order valence-electron chi connectivity index (χ0n) is 11.8. The van der Waals surface area contributed by atoms with Crippen molar-refractivity contribution in [3.63, 3.8) is 0 Å². The van der Waals surface area contributed by atoms with E-state index in [0.29, 0.717) is 5.75 Å². The second-order valence-electron chi connectivity index (χ2n) is 4.75. The quantitative estimate of drug-likeness (QED) is 0.874. The van der Waals surface area contributed by atoms with Crippen LogP contribution in [0.3, 0.4) is 0 Å². The molecule has 21 heavy (non-hydrogen) atoms. The van der Waals surface area contributed by atoms with Gasteiger partial charge in [0.1, 0.15) is 11.8 Å². The molecule has 2 aromatic carbocycles. The van der Waals surface area contributed by atoms with Crippen LogP contribution < -0.4 is 10.1 Å². The number of nitriles is 1. The highest BCUT2D eigenvalue weighted by Gasteiger charge is 2.05. The molecule has 108 valence electrons. The Morgan fingerprint density at radius 2 is 2.05 bits per heavy atom. The average molecular weight is 301 g/mol. The van der Waals surface area contributed by atoms with E-state index in [1.165, 1.54) is 0 Å². The Hall–Kier alpha value is -2.02. The second-order valence-corrected chi connectivity index (χ2v) is 5.19. The van der Waals surface area contributed by atoms with Crippen LogP contribution in [-0.2, 0) is 6.54 Å². The monoisotopic (exact) mass is 300 g/mol. The van der Waals surface area contributed by atoms with Crippen LogP contribution in [0.15, 0.2) is 48.5 Å². The van der Waals surface area contributed by atoms with Gasteiger partial charge in [-0.2, -0.15) is 5.26 Å². The Balaban J connectivity index is 1.95. The average Bonchev–Trinajstić information content (AvgIpc) is 2.51. The van der Waals surface area contributed by atoms with Crippen LogP contribution in [0.2, 0.25) is 5.02 Å². The molecule has 0 saturated heterocycles. The second kappa shape index (κ2) is 7.68. The van der Waals surface area contributed by atoms with Crippen molar-refractivity contribution < 1.29 is 4.74 Å². The molecule has 0 radical (unpaired) electrons. The van der Waals surface area contributed by atoms with Crippen molar-refractivity contribution in [1.29, 1.82) is 5.26 Å². The van der Waals surface area contributed by atoms with E-state index in [-0.39, 0.29) is 12.6 Å². The first-order valence-electron chi connectivity index (χ1n) is 6.76. The minimum Gasteiger partial charge on any atom is -0.479 e. The molecule has 0 spiro atoms. The molecule has 0 aliphatic carbocycles. The lowest BCUT2D eigenvalue weighted by Gasteiger charge is -2.15. The third-order valence-corrected chi connectivity index (χ3v) is 3.40. The molecule has 0 heterocycles. The fourth-order valence-corrected chi connectivity index (χ4v) is 2.22. The number of ether oxygens (including phenoxy) is 1. The normalized spacial score (nSPS) is 11.7. The zero-order valence-corrected chi connectivity index (χ0v) is 12.6. The topological polar surface area (TPSA) is 45.0 Å². The standard InChI is InChI=1S/C17H17ClN2O/c1-13(15-5-3-6-16(18)11-15)20-12-14-4-2-7-17(10-14)21-9-8-19/h2-7,10-11,13,20H,9,12H2,1H3. The molecule has 2 aromatic rings. The Bertz CT molecular complexity index is 637. The Kier molecular flexibility index (Phi) is 5.62. The van der Waals surface area contributed by atoms with Gasteiger partial charge >= 0.3 is 0 Å². The van der Waals surface area contributed by atoms with E-state index in [4.69, 9.17) is 21.6 Å². The highest BCUT2D eigenvalue weighted by atomic mass is 35.5. The fraction of sp³-hybridized carbons (Fsp3) is 0.235. The van der Waals surface area contributed by atoms with E-state index in [1.807, 2.05) is 48.5 Å². The van der Waals surface area contributed by atoms with Gasteiger partial charge < -0.3 is 10.1 Å². The van der Waals surface area contributed by atoms with Crippen LogP contribution in [0.1, 0.15) is 24.1 Å². The molecule has 4 heteroatoms. The van der Waals surface area contributed by atoms with Crippen LogP contribution in [0.25, 0.3) is 0 Å². The Morgan fingerprint density at radius 1 is 1.24 bits per heavy atom. The van der Waals surface area contributed by atoms with Crippen LogP contribution in [-0.4, -0.2) is 6.61 Å². The van der Waals surface area contributed by atoms with E-state index in [9.17, 15) is 0 Å². The van der Waals surface area contributed by atoms with Gasteiger partial charge in [0.2, 0.25) is 0 Å². The smallest absolute Gasteiger partial charge is 0.174 e. The molecule has 0 aliphatic heterocycles. The Morgan fingerprint density at radius 3 is 2.81 bits per heavy atom. The Labute approximate surface area is 130 Å². The van der Waals surface area contributed by atoms with Crippen LogP contribution >= 0.6 is 11.6 Å². The summed E-state index contributed by atoms with van der Waals surface area (Å²) < 4.78 is 5.30. The highest BCUT2D eigenvalue weighted by molar-refractivity contribution is 6.30. The molecule has 0 saturated carbocycles. The minimum atomic E-state index is 0.0653. The summed E-state index contributed by atoms with van der Waals surface area (Å²) in [5, 5.41) is 12.7. The largest absolute Gasteiger partial charge is 0.479 e. The molecule has 0 bridgehead atoms. The van der Waals surface area contributed by atoms with E-state index >= 15 is 0 Å². The predicted molar refractivity (Wildman–Crippen MR) is 84.3 cm³/mol. The van der Waals surface area contributed by atoms with Crippen molar-refractivity contribution >= 4 is 11.6 Å². The van der Waals surface area contributed by atoms with Gasteiger partial charge in [0.15, 0.2) is 6.61 Å². The lowest BCUT2D eigenvalue weighted by molar-refractivity contribution is 0.367. The van der Waals surface area contributed by atoms with Gasteiger partial charge in [0, 0.05) is 17.6 Å². The fourth-order valence-electron chi connectivity index (χ4n) is 2.03. The summed E-state index contributed by atoms with van der Waals surface area (Å²) in [4.78, 5) is 0. The van der Waals surface area contributed by atoms with Crippen molar-refractivity contribution in [2.75, 3.05) is 6.61 Å². The maximum atomic E-state index is 8.52. The van der Waals surface area contributed by atoms with Gasteiger partial charge in [-0.15, -0.1) is 0 Å². The van der Waals surface area contributed by atoms with Crippen molar-refractivity contribution in [2.45, 2.75) is 19.5 Å². The van der Waals surface area contributed by atoms with Crippen molar-refractivity contribution in [2.24, 2.45) is 0 Å². The van der Waals surface area contributed by atoms with Crippen molar-refractivity contribution in [3.05, 3.63) is 64.7 Å². The first-order valence-corrected chi connectivity index (χ1v) is 7.14. The molecule has 1 N–H and O–H groups in total. The third kappa shape index (κ3) is 4.78. The third-order valence-electron chi connectivity index (χ3n) is 3.16. The van der Waals surface area contributed by atoms with Gasteiger partial charge in [-0.25, -0.2) is 0 Å². The summed E-state index contributed by atoms with van der Waals surface area (Å²) in [6, 6.07) is 17.7. The predicted octanol–water partition coefficient (Wildman–Crippen LogP) is 4.09. The summed E-state index contributed by atoms with van der Waals surface area (Å²) in [5.74, 6) is 0.714. The van der Waals surface area contributed by atoms with Crippen LogP contribution in [0.4, 0.5) is 0 Å². The molecule has 2 rings (SSSR count). The number of halogens is 1. The number of nitrogens with one attached hydrogen (secondary N) is 1. The van der Waals surface area contributed by atoms with Gasteiger partial charge in [-0.3, -0.25) is 0 Å². The maximum absolute atomic E-state index is 8.52. The molecule has 0 fully saturated rings. The maximum Gasteiger partial charge on any atom is 0.174 e. The van der Waals surface area contributed by atoms with Gasteiger partial charge in [0.05, 0.1) is 0 Å². The molecular formula is C17H17ClN2O. The number of benzene rings is 2. The van der Waals surface area contributed by atoms with Crippen LogP contribution in [0, 0.1) is 11.3 Å². The molecule has 3 nitrogen and oxygen atoms in total. The summed E-state index contributed by atoms with van der Waals surface area (Å²) in [6.07, 6.45) is 0. The molecule has 1 unspecified atom stereocenters.